The van der Waals surface area contributed by atoms with Crippen molar-refractivity contribution in [1.82, 2.24) is 0 Å². The van der Waals surface area contributed by atoms with Crippen molar-refractivity contribution in [3.8, 4) is 0 Å². The first-order valence-corrected chi connectivity index (χ1v) is 23.5. The Bertz CT molecular complexity index is 3070. The Morgan fingerprint density at radius 3 is 0.818 bits per heavy atom. The summed E-state index contributed by atoms with van der Waals surface area (Å²) in [6, 6.07) is 57.9. The van der Waals surface area contributed by atoms with Crippen molar-refractivity contribution in [2.45, 2.75) is 105 Å². The van der Waals surface area contributed by atoms with Crippen LogP contribution in [0.5, 0.6) is 0 Å². The van der Waals surface area contributed by atoms with Crippen molar-refractivity contribution in [2.24, 2.45) is 0 Å². The van der Waals surface area contributed by atoms with Gasteiger partial charge in [-0.25, -0.2) is 0 Å². The van der Waals surface area contributed by atoms with Crippen molar-refractivity contribution in [3.05, 3.63) is 180 Å². The number of nitrogens with zero attached hydrogens (tertiary/aromatic N) is 2. The molecule has 66 heavy (non-hydrogen) atoms. The maximum Gasteiger partial charge on any atom is 0.160 e. The summed E-state index contributed by atoms with van der Waals surface area (Å²) in [6.07, 6.45) is 0. The number of rotatable bonds is 6. The molecular formula is C62H62N2O2. The maximum absolute atomic E-state index is 7.13. The van der Waals surface area contributed by atoms with Gasteiger partial charge in [0.2, 0.25) is 0 Å². The molecule has 0 aliphatic rings. The quantitative estimate of drug-likeness (QED) is 0.167. The zero-order chi connectivity index (χ0) is 46.5. The van der Waals surface area contributed by atoms with Crippen LogP contribution in [-0.2, 0) is 21.7 Å². The molecule has 2 heterocycles. The molecule has 0 unspecified atom stereocenters. The van der Waals surface area contributed by atoms with Gasteiger partial charge in [0, 0.05) is 44.3 Å². The van der Waals surface area contributed by atoms with Gasteiger partial charge < -0.3 is 18.6 Å². The predicted molar refractivity (Wildman–Crippen MR) is 283 cm³/mol. The number of hydrogen-bond donors (Lipinski definition) is 0. The minimum absolute atomic E-state index is 0.00939. The molecule has 4 nitrogen and oxygen atoms in total. The Morgan fingerprint density at radius 1 is 0.303 bits per heavy atom. The van der Waals surface area contributed by atoms with E-state index < -0.39 is 0 Å². The van der Waals surface area contributed by atoms with Crippen LogP contribution < -0.4 is 9.80 Å². The van der Waals surface area contributed by atoms with Gasteiger partial charge in [0.05, 0.1) is 11.4 Å². The number of hydrogen-bond acceptors (Lipinski definition) is 4. The lowest BCUT2D eigenvalue weighted by molar-refractivity contribution is 0.590. The molecule has 4 heteroatoms. The normalized spacial score (nSPS) is 12.8. The van der Waals surface area contributed by atoms with E-state index in [9.17, 15) is 0 Å². The van der Waals surface area contributed by atoms with E-state index in [1.54, 1.807) is 0 Å². The largest absolute Gasteiger partial charge is 0.454 e. The van der Waals surface area contributed by atoms with Crippen LogP contribution in [0.2, 0.25) is 0 Å². The fourth-order valence-corrected chi connectivity index (χ4v) is 9.59. The number of fused-ring (bicyclic) bond motifs is 9. The number of anilines is 6. The van der Waals surface area contributed by atoms with E-state index >= 15 is 0 Å². The fourth-order valence-electron chi connectivity index (χ4n) is 9.59. The monoisotopic (exact) mass is 866 g/mol. The van der Waals surface area contributed by atoms with E-state index in [4.69, 9.17) is 8.83 Å². The first kappa shape index (κ1) is 43.1. The van der Waals surface area contributed by atoms with Crippen molar-refractivity contribution in [3.63, 3.8) is 0 Å². The molecule has 10 rings (SSSR count). The summed E-state index contributed by atoms with van der Waals surface area (Å²) < 4.78 is 14.3. The Labute approximate surface area is 390 Å². The van der Waals surface area contributed by atoms with Gasteiger partial charge in [-0.15, -0.1) is 0 Å². The Balaban J connectivity index is 1.33. The standard InChI is InChI=1S/C62H62N2O2/c1-59(2,3)39-21-29-43(30-22-39)63(44-31-23-40(24-32-44)60(4,5)6)51-37-49-50(55-47-17-13-15-19-53(47)65-57(51)55)38-52(58-56(49)48-18-14-16-20-54(48)66-58)64(45-33-25-41(26-34-45)61(7,8)9)46-35-27-42(28-36-46)62(10,11)12/h13-38H,1-12H3. The molecule has 10 aromatic rings. The van der Waals surface area contributed by atoms with Gasteiger partial charge in [-0.05, 0) is 127 Å². The Hall–Kier alpha value is -6.78. The minimum atomic E-state index is 0.00939. The molecule has 0 N–H and O–H groups in total. The topological polar surface area (TPSA) is 32.8 Å². The summed E-state index contributed by atoms with van der Waals surface area (Å²) in [5.41, 5.74) is 14.7. The molecule has 0 aliphatic heterocycles. The van der Waals surface area contributed by atoms with E-state index in [2.05, 4.69) is 251 Å². The van der Waals surface area contributed by atoms with Crippen molar-refractivity contribution < 1.29 is 8.83 Å². The number of furan rings is 2. The van der Waals surface area contributed by atoms with Gasteiger partial charge in [-0.2, -0.15) is 0 Å². The zero-order valence-electron chi connectivity index (χ0n) is 40.7. The summed E-state index contributed by atoms with van der Waals surface area (Å²) in [5.74, 6) is 0. The molecule has 0 fully saturated rings. The fraction of sp³-hybridized carbons (Fsp3) is 0.258. The van der Waals surface area contributed by atoms with Crippen molar-refractivity contribution in [1.29, 1.82) is 0 Å². The molecule has 0 spiro atoms. The average molecular weight is 867 g/mol. The van der Waals surface area contributed by atoms with Crippen LogP contribution in [0.3, 0.4) is 0 Å². The van der Waals surface area contributed by atoms with Crippen LogP contribution in [0.4, 0.5) is 34.1 Å². The van der Waals surface area contributed by atoms with Crippen LogP contribution in [0.25, 0.3) is 54.6 Å². The average Bonchev–Trinajstić information content (AvgIpc) is 3.87. The second-order valence-electron chi connectivity index (χ2n) is 22.3. The molecular weight excluding hydrogens is 805 g/mol. The van der Waals surface area contributed by atoms with E-state index in [0.29, 0.717) is 0 Å². The first-order chi connectivity index (χ1) is 31.3. The zero-order valence-corrected chi connectivity index (χ0v) is 40.7. The highest BCUT2D eigenvalue weighted by Gasteiger charge is 2.29. The van der Waals surface area contributed by atoms with Crippen LogP contribution in [0, 0.1) is 0 Å². The molecule has 0 aliphatic carbocycles. The Morgan fingerprint density at radius 2 is 0.561 bits per heavy atom. The highest BCUT2D eigenvalue weighted by atomic mass is 16.3. The van der Waals surface area contributed by atoms with Crippen LogP contribution in [0.1, 0.15) is 105 Å². The summed E-state index contributed by atoms with van der Waals surface area (Å²) in [6.45, 7) is 27.2. The smallest absolute Gasteiger partial charge is 0.160 e. The number of benzene rings is 8. The maximum atomic E-state index is 7.13. The third-order valence-electron chi connectivity index (χ3n) is 13.5. The summed E-state index contributed by atoms with van der Waals surface area (Å²) in [4.78, 5) is 4.76. The molecule has 0 radical (unpaired) electrons. The molecule has 0 saturated heterocycles. The number of para-hydroxylation sites is 2. The van der Waals surface area contributed by atoms with Crippen LogP contribution in [-0.4, -0.2) is 0 Å². The highest BCUT2D eigenvalue weighted by Crippen LogP contribution is 2.52. The molecule has 2 aromatic heterocycles. The Kier molecular flexibility index (Phi) is 10.1. The third kappa shape index (κ3) is 7.51. The van der Waals surface area contributed by atoms with Crippen molar-refractivity contribution >= 4 is 88.8 Å². The summed E-state index contributed by atoms with van der Waals surface area (Å²) in [7, 11) is 0. The lowest BCUT2D eigenvalue weighted by Gasteiger charge is -2.29. The SMILES string of the molecule is CC(C)(C)c1ccc(N(c2ccc(C(C)(C)C)cc2)c2cc3c(cc(N(c4ccc(C(C)(C)C)cc4)c4ccc(C(C)(C)C)cc4)c4oc5ccccc5c43)c3c2oc2ccccc23)cc1. The third-order valence-corrected chi connectivity index (χ3v) is 13.5. The van der Waals surface area contributed by atoms with Gasteiger partial charge in [-0.1, -0.05) is 168 Å². The second-order valence-corrected chi connectivity index (χ2v) is 22.3. The molecule has 0 atom stereocenters. The van der Waals surface area contributed by atoms with Crippen molar-refractivity contribution in [2.75, 3.05) is 9.80 Å². The van der Waals surface area contributed by atoms with Gasteiger partial charge in [0.25, 0.3) is 0 Å². The lowest BCUT2D eigenvalue weighted by atomic mass is 9.86. The van der Waals surface area contributed by atoms with E-state index in [1.807, 2.05) is 0 Å². The van der Waals surface area contributed by atoms with Crippen LogP contribution >= 0.6 is 0 Å². The van der Waals surface area contributed by atoms with Crippen LogP contribution in [0.15, 0.2) is 167 Å². The predicted octanol–water partition coefficient (Wildman–Crippen LogP) is 18.8. The second kappa shape index (κ2) is 15.4. The van der Waals surface area contributed by atoms with Gasteiger partial charge in [-0.3, -0.25) is 0 Å². The molecule has 8 aromatic carbocycles. The summed E-state index contributed by atoms with van der Waals surface area (Å²) >= 11 is 0. The molecule has 0 amide bonds. The minimum Gasteiger partial charge on any atom is -0.454 e. The van der Waals surface area contributed by atoms with Gasteiger partial charge in [0.1, 0.15) is 11.2 Å². The lowest BCUT2D eigenvalue weighted by Crippen LogP contribution is -2.15. The van der Waals surface area contributed by atoms with E-state index in [-0.39, 0.29) is 21.7 Å². The molecule has 0 saturated carbocycles. The summed E-state index contributed by atoms with van der Waals surface area (Å²) in [5, 5.41) is 6.47. The first-order valence-electron chi connectivity index (χ1n) is 23.5. The molecule has 0 bridgehead atoms. The molecule has 332 valence electrons. The van der Waals surface area contributed by atoms with Gasteiger partial charge >= 0.3 is 0 Å². The van der Waals surface area contributed by atoms with Gasteiger partial charge in [0.15, 0.2) is 11.2 Å². The van der Waals surface area contributed by atoms with E-state index in [1.165, 1.54) is 22.3 Å². The van der Waals surface area contributed by atoms with E-state index in [0.717, 1.165) is 88.8 Å². The highest BCUT2D eigenvalue weighted by molar-refractivity contribution is 6.32.